The first-order valence-corrected chi connectivity index (χ1v) is 40.4. The number of ether oxygens (including phenoxy) is 10. The van der Waals surface area contributed by atoms with Gasteiger partial charge in [-0.1, -0.05) is 152 Å². The molecule has 1 aliphatic carbocycles. The Morgan fingerprint density at radius 3 is 1.15 bits per heavy atom. The van der Waals surface area contributed by atoms with Gasteiger partial charge in [0.2, 0.25) is 0 Å². The lowest BCUT2D eigenvalue weighted by molar-refractivity contribution is -0.375. The maximum absolute atomic E-state index is 14.6. The number of nitrogens with one attached hydrogen (secondary N) is 4. The van der Waals surface area contributed by atoms with Crippen molar-refractivity contribution in [2.45, 2.75) is 150 Å². The van der Waals surface area contributed by atoms with Crippen molar-refractivity contribution < 1.29 is 174 Å². The second-order valence-electron chi connectivity index (χ2n) is 24.2. The molecule has 0 aromatic heterocycles. The molecular weight excluding hydrogens is 1620 g/mol. The van der Waals surface area contributed by atoms with Crippen molar-refractivity contribution in [3.8, 4) is 0 Å². The molecule has 5 aromatic rings. The summed E-state index contributed by atoms with van der Waals surface area (Å²) in [7, 11) is -35.2. The fraction of sp³-hybridized carbons (Fsp3) is 0.426. The molecular formula is C61H71N5O39S6. The van der Waals surface area contributed by atoms with E-state index in [1.54, 1.807) is 66.7 Å². The molecule has 5 amide bonds. The van der Waals surface area contributed by atoms with Gasteiger partial charge >= 0.3 is 92.9 Å². The van der Waals surface area contributed by atoms with Crippen LogP contribution in [-0.4, -0.2) is 231 Å². The van der Waals surface area contributed by atoms with Crippen LogP contribution in [0.25, 0.3) is 0 Å². The molecule has 3 saturated heterocycles. The van der Waals surface area contributed by atoms with Crippen molar-refractivity contribution in [1.29, 1.82) is 0 Å². The number of rotatable bonds is 32. The van der Waals surface area contributed by atoms with E-state index in [2.05, 4.69) is 20.1 Å². The molecule has 4 fully saturated rings. The SMILES string of the molecule is CN(C(=O)OCc1ccccc1)[C@@H]1[C@@H](O[C@H]2O[C@H](COS(=O)(=O)O)[C@@H](NC(=O)OCc3ccccc3)[C@H](OS(=O)(=O)O)[C@H]2OS(=O)(=O)O)O[C@H]2C[C@@H](NC(=O)OCc3ccccc3)[C@@H](O[C@H]3[C@H](OS(=O)(=O)O)[C@@H](OS(=O)(=O)O)[C@H](NC(=O)OCc4ccccc4)C[C@@H]3NC(=O)OCc3ccccc3)O[C@@H]2[C@@H]1OS(=O)(=O)O. The number of likely N-dealkylation sites (N-methyl/N-ethyl adjacent to an activating group) is 1. The number of carbonyl (C=O) groups is 5. The van der Waals surface area contributed by atoms with Gasteiger partial charge < -0.3 is 73.5 Å². The highest BCUT2D eigenvalue weighted by Crippen LogP contribution is 2.42. The van der Waals surface area contributed by atoms with Gasteiger partial charge in [0.05, 0.1) is 36.9 Å². The van der Waals surface area contributed by atoms with Gasteiger partial charge in [0.15, 0.2) is 25.0 Å². The molecule has 17 atom stereocenters. The number of benzene rings is 5. The largest absolute Gasteiger partial charge is 0.445 e. The van der Waals surface area contributed by atoms with Crippen LogP contribution in [0.3, 0.4) is 0 Å². The van der Waals surface area contributed by atoms with E-state index in [4.69, 9.17) is 68.3 Å². The summed E-state index contributed by atoms with van der Waals surface area (Å²) in [5.74, 6) is 0. The van der Waals surface area contributed by atoms with Crippen LogP contribution in [0.5, 0.6) is 0 Å². The van der Waals surface area contributed by atoms with Crippen molar-refractivity contribution in [2.24, 2.45) is 0 Å². The first-order chi connectivity index (χ1) is 52.2. The maximum Gasteiger partial charge on any atom is 0.410 e. The van der Waals surface area contributed by atoms with Crippen LogP contribution in [-0.2, 0) is 168 Å². The number of alkyl carbamates (subject to hydrolysis) is 4. The quantitative estimate of drug-likeness (QED) is 0.0217. The van der Waals surface area contributed by atoms with Crippen LogP contribution in [0, 0.1) is 0 Å². The Labute approximate surface area is 633 Å². The molecule has 4 aliphatic rings. The highest BCUT2D eigenvalue weighted by atomic mass is 32.3. The Morgan fingerprint density at radius 1 is 0.378 bits per heavy atom. The van der Waals surface area contributed by atoms with Gasteiger partial charge in [-0.3, -0.25) is 27.3 Å². The van der Waals surface area contributed by atoms with Gasteiger partial charge in [-0.2, -0.15) is 50.5 Å². The van der Waals surface area contributed by atoms with Crippen molar-refractivity contribution in [3.05, 3.63) is 179 Å². The molecule has 5 aromatic carbocycles. The molecule has 50 heteroatoms. The van der Waals surface area contributed by atoms with Gasteiger partial charge in [0, 0.05) is 13.5 Å². The molecule has 10 N–H and O–H groups in total. The Hall–Kier alpha value is -8.53. The second kappa shape index (κ2) is 37.9. The third-order valence-corrected chi connectivity index (χ3v) is 19.2. The number of hydrogen-bond donors (Lipinski definition) is 10. The average Bonchev–Trinajstić information content (AvgIpc) is 0.746. The zero-order valence-corrected chi connectivity index (χ0v) is 61.9. The van der Waals surface area contributed by atoms with E-state index < -0.39 is 249 Å². The van der Waals surface area contributed by atoms with E-state index in [0.29, 0.717) is 27.2 Å². The summed E-state index contributed by atoms with van der Waals surface area (Å²) < 4.78 is 305. The summed E-state index contributed by atoms with van der Waals surface area (Å²) >= 11 is 0. The molecule has 44 nitrogen and oxygen atoms in total. The predicted molar refractivity (Wildman–Crippen MR) is 363 cm³/mol. The lowest BCUT2D eigenvalue weighted by atomic mass is 9.83. The smallest absolute Gasteiger partial charge is 0.410 e. The average molecular weight is 1690 g/mol. The van der Waals surface area contributed by atoms with E-state index in [1.165, 1.54) is 84.9 Å². The molecule has 610 valence electrons. The monoisotopic (exact) mass is 1690 g/mol. The van der Waals surface area contributed by atoms with Crippen LogP contribution < -0.4 is 21.3 Å². The van der Waals surface area contributed by atoms with Crippen LogP contribution in [0.2, 0.25) is 0 Å². The van der Waals surface area contributed by atoms with E-state index in [1.807, 2.05) is 5.32 Å². The third-order valence-electron chi connectivity index (χ3n) is 16.4. The lowest BCUT2D eigenvalue weighted by Gasteiger charge is -2.54. The van der Waals surface area contributed by atoms with Crippen LogP contribution in [0.4, 0.5) is 24.0 Å². The summed E-state index contributed by atoms with van der Waals surface area (Å²) in [6.07, 6.45) is -41.8. The summed E-state index contributed by atoms with van der Waals surface area (Å²) in [6.45, 7) is -4.46. The molecule has 0 spiro atoms. The number of nitrogens with zero attached hydrogens (tertiary/aromatic N) is 1. The second-order valence-corrected chi connectivity index (χ2v) is 30.6. The van der Waals surface area contributed by atoms with Crippen LogP contribution in [0.15, 0.2) is 152 Å². The summed E-state index contributed by atoms with van der Waals surface area (Å²) in [5, 5.41) is 8.90. The molecule has 0 radical (unpaired) electrons. The minimum Gasteiger partial charge on any atom is -0.445 e. The van der Waals surface area contributed by atoms with Crippen molar-refractivity contribution in [2.75, 3.05) is 13.7 Å². The Bertz CT molecular complexity index is 4700. The Balaban J connectivity index is 1.18. The molecule has 1 saturated carbocycles. The number of amides is 5. The minimum absolute atomic E-state index is 0.260. The topological polar surface area (TPSA) is 611 Å². The number of hydrogen-bond acceptors (Lipinski definition) is 33. The summed E-state index contributed by atoms with van der Waals surface area (Å²) in [6, 6.07) is 26.9. The van der Waals surface area contributed by atoms with Crippen molar-refractivity contribution >= 4 is 92.9 Å². The lowest BCUT2D eigenvalue weighted by Crippen LogP contribution is -2.72. The summed E-state index contributed by atoms with van der Waals surface area (Å²) in [4.78, 5) is 70.7. The highest BCUT2D eigenvalue weighted by Gasteiger charge is 2.62. The zero-order chi connectivity index (χ0) is 80.6. The van der Waals surface area contributed by atoms with Gasteiger partial charge in [-0.05, 0) is 34.2 Å². The van der Waals surface area contributed by atoms with Crippen molar-refractivity contribution in [1.82, 2.24) is 26.2 Å². The normalized spacial score (nSPS) is 26.5. The highest BCUT2D eigenvalue weighted by molar-refractivity contribution is 7.82. The molecule has 3 aliphatic heterocycles. The third kappa shape index (κ3) is 27.4. The Morgan fingerprint density at radius 2 is 0.739 bits per heavy atom. The van der Waals surface area contributed by atoms with E-state index in [-0.39, 0.29) is 5.56 Å². The van der Waals surface area contributed by atoms with Crippen molar-refractivity contribution in [3.63, 3.8) is 0 Å². The first-order valence-electron chi connectivity index (χ1n) is 32.2. The maximum atomic E-state index is 14.6. The molecule has 111 heavy (non-hydrogen) atoms. The fourth-order valence-corrected chi connectivity index (χ4v) is 14.7. The van der Waals surface area contributed by atoms with E-state index >= 15 is 0 Å². The van der Waals surface area contributed by atoms with Gasteiger partial charge in [-0.25, -0.2) is 49.1 Å². The van der Waals surface area contributed by atoms with Gasteiger partial charge in [0.25, 0.3) is 0 Å². The summed E-state index contributed by atoms with van der Waals surface area (Å²) in [5.41, 5.74) is 1.63. The predicted octanol–water partition coefficient (Wildman–Crippen LogP) is 1.93. The van der Waals surface area contributed by atoms with Gasteiger partial charge in [-0.15, -0.1) is 0 Å². The standard InChI is InChI=1S/C61H71N5O39S6/c1-66(61(71)94-33-39-25-15-6-16-26-39)46-51(103-109(81,82)83)49-43(96-55(46)100-56-53(105-111(87,88)89)50(102-108(78,79)80)45(44(97-56)34-95-106(72,73)74)65-60(70)93-32-38-23-13-5-14-24-38)28-42(64-59(69)92-31-37-21-11-4-12-22-37)54(99-49)98-47-40(62-57(67)90-29-35-17-7-2-8-18-35)27-41(63-58(68)91-30-36-19-9-3-10-20-36)48(101-107(75,76)77)52(47)104-110(84,85)86/h2-26,40-56H,27-34H2,1H3,(H,62,67)(H,63,68)(H,64,69)(H,65,70)(H,72,73,74)(H,75,76,77)(H,78,79,80)(H,81,82,83)(H,84,85,86)(H,87,88,89)/t40-,41+,42+,43-,44+,45+,46-,47+,48-,49-,50-,51+,52-,53+,54-,55+,56+/m0/s1. The van der Waals surface area contributed by atoms with E-state index in [0.717, 1.165) is 7.05 Å². The molecule has 3 heterocycles. The van der Waals surface area contributed by atoms with Gasteiger partial charge in [0.1, 0.15) is 81.8 Å². The molecule has 9 rings (SSSR count). The fourth-order valence-electron chi connectivity index (χ4n) is 11.9. The molecule has 0 bridgehead atoms. The van der Waals surface area contributed by atoms with Crippen LogP contribution in [0.1, 0.15) is 40.7 Å². The minimum atomic E-state index is -6.14. The number of carbonyl (C=O) groups excluding carboxylic acids is 5. The Kier molecular flexibility index (Phi) is 29.5. The van der Waals surface area contributed by atoms with Crippen LogP contribution >= 0.6 is 0 Å². The molecule has 0 unspecified atom stereocenters. The first kappa shape index (κ1) is 86.5. The zero-order valence-electron chi connectivity index (χ0n) is 57.0. The van der Waals surface area contributed by atoms with E-state index in [9.17, 15) is 102 Å². The number of fused-ring (bicyclic) bond motifs is 1.